The van der Waals surface area contributed by atoms with Gasteiger partial charge in [0.25, 0.3) is 0 Å². The minimum absolute atomic E-state index is 0.129. The number of para-hydroxylation sites is 1. The zero-order valence-electron chi connectivity index (χ0n) is 12.0. The Labute approximate surface area is 138 Å². The van der Waals surface area contributed by atoms with E-state index in [1.807, 2.05) is 0 Å². The van der Waals surface area contributed by atoms with E-state index in [2.05, 4.69) is 4.99 Å². The lowest BCUT2D eigenvalue weighted by molar-refractivity contribution is -0.137. The number of halogens is 3. The van der Waals surface area contributed by atoms with Crippen LogP contribution in [0.3, 0.4) is 0 Å². The lowest BCUT2D eigenvalue weighted by Crippen LogP contribution is -2.08. The van der Waals surface area contributed by atoms with Gasteiger partial charge in [0.05, 0.1) is 16.8 Å². The number of rotatable bonds is 2. The van der Waals surface area contributed by atoms with Crippen LogP contribution in [0.25, 0.3) is 10.1 Å². The molecule has 0 fully saturated rings. The van der Waals surface area contributed by atoms with E-state index in [4.69, 9.17) is 0 Å². The van der Waals surface area contributed by atoms with E-state index in [9.17, 15) is 23.1 Å². The van der Waals surface area contributed by atoms with Gasteiger partial charge in [-0.25, -0.2) is 0 Å². The highest BCUT2D eigenvalue weighted by atomic mass is 32.1. The molecule has 122 valence electrons. The van der Waals surface area contributed by atoms with E-state index in [-0.39, 0.29) is 16.3 Å². The first-order valence-electron chi connectivity index (χ1n) is 6.83. The van der Waals surface area contributed by atoms with Gasteiger partial charge >= 0.3 is 6.18 Å². The molecule has 1 N–H and O–H groups in total. The van der Waals surface area contributed by atoms with Crippen molar-refractivity contribution in [3.8, 4) is 5.06 Å². The normalized spacial score (nSPS) is 12.1. The lowest BCUT2D eigenvalue weighted by Gasteiger charge is -2.09. The molecule has 0 spiro atoms. The van der Waals surface area contributed by atoms with Crippen molar-refractivity contribution >= 4 is 33.3 Å². The summed E-state index contributed by atoms with van der Waals surface area (Å²) >= 11 is 0.969. The Morgan fingerprint density at radius 3 is 2.46 bits per heavy atom. The van der Waals surface area contributed by atoms with Gasteiger partial charge in [0.15, 0.2) is 5.06 Å². The SMILES string of the molecule is O=c1c(C=Nc2ccccc2C(F)(F)F)c(O)sc2ccccc12. The maximum absolute atomic E-state index is 13.0. The Hall–Kier alpha value is -2.67. The topological polar surface area (TPSA) is 49.7 Å². The van der Waals surface area contributed by atoms with Crippen molar-refractivity contribution in [2.24, 2.45) is 4.99 Å². The molecule has 3 nitrogen and oxygen atoms in total. The maximum atomic E-state index is 13.0. The van der Waals surface area contributed by atoms with E-state index < -0.39 is 17.2 Å². The van der Waals surface area contributed by atoms with Crippen LogP contribution in [0.5, 0.6) is 5.06 Å². The summed E-state index contributed by atoms with van der Waals surface area (Å²) in [6.07, 6.45) is -3.58. The number of benzene rings is 2. The monoisotopic (exact) mass is 349 g/mol. The first-order chi connectivity index (χ1) is 11.4. The molecule has 0 aliphatic heterocycles. The van der Waals surface area contributed by atoms with Crippen molar-refractivity contribution in [1.29, 1.82) is 0 Å². The Morgan fingerprint density at radius 1 is 1.04 bits per heavy atom. The number of aromatic hydroxyl groups is 1. The third-order valence-corrected chi connectivity index (χ3v) is 4.34. The molecule has 0 bridgehead atoms. The molecular formula is C17H10F3NO2S. The molecule has 1 aromatic heterocycles. The summed E-state index contributed by atoms with van der Waals surface area (Å²) in [5, 5.41) is 10.1. The van der Waals surface area contributed by atoms with Gasteiger partial charge in [0, 0.05) is 16.3 Å². The molecule has 2 aromatic carbocycles. The second-order valence-corrected chi connectivity index (χ2v) is 5.95. The van der Waals surface area contributed by atoms with Crippen molar-refractivity contribution in [2.75, 3.05) is 0 Å². The quantitative estimate of drug-likeness (QED) is 0.680. The van der Waals surface area contributed by atoms with Gasteiger partial charge in [-0.15, -0.1) is 0 Å². The van der Waals surface area contributed by atoms with E-state index >= 15 is 0 Å². The fourth-order valence-corrected chi connectivity index (χ4v) is 3.10. The zero-order valence-corrected chi connectivity index (χ0v) is 12.9. The second kappa shape index (κ2) is 6.09. The van der Waals surface area contributed by atoms with Crippen LogP contribution in [-0.2, 0) is 6.18 Å². The minimum Gasteiger partial charge on any atom is -0.499 e. The predicted molar refractivity (Wildman–Crippen MR) is 88.5 cm³/mol. The van der Waals surface area contributed by atoms with Crippen LogP contribution in [0, 0.1) is 0 Å². The molecular weight excluding hydrogens is 339 g/mol. The fraction of sp³-hybridized carbons (Fsp3) is 0.0588. The van der Waals surface area contributed by atoms with Gasteiger partial charge in [-0.05, 0) is 24.3 Å². The van der Waals surface area contributed by atoms with Crippen LogP contribution in [0.4, 0.5) is 18.9 Å². The van der Waals surface area contributed by atoms with Crippen LogP contribution in [0.1, 0.15) is 11.1 Å². The third-order valence-electron chi connectivity index (χ3n) is 3.36. The molecule has 24 heavy (non-hydrogen) atoms. The van der Waals surface area contributed by atoms with Gasteiger partial charge in [0.1, 0.15) is 0 Å². The zero-order chi connectivity index (χ0) is 17.3. The summed E-state index contributed by atoms with van der Waals surface area (Å²) in [5.74, 6) is 0. The summed E-state index contributed by atoms with van der Waals surface area (Å²) in [6, 6.07) is 11.5. The van der Waals surface area contributed by atoms with Gasteiger partial charge in [-0.2, -0.15) is 13.2 Å². The number of fused-ring (bicyclic) bond motifs is 1. The van der Waals surface area contributed by atoms with Crippen molar-refractivity contribution in [3.63, 3.8) is 0 Å². The Morgan fingerprint density at radius 2 is 1.71 bits per heavy atom. The van der Waals surface area contributed by atoms with Gasteiger partial charge < -0.3 is 5.11 Å². The molecule has 7 heteroatoms. The van der Waals surface area contributed by atoms with E-state index in [0.29, 0.717) is 10.1 Å². The molecule has 0 aliphatic carbocycles. The maximum Gasteiger partial charge on any atom is 0.418 e. The standard InChI is InChI=1S/C17H10F3NO2S/c18-17(19,20)12-6-2-3-7-13(12)21-9-11-15(22)10-5-1-4-8-14(10)24-16(11)23/h1-9,23H. The first kappa shape index (κ1) is 16.2. The van der Waals surface area contributed by atoms with Gasteiger partial charge in [0.2, 0.25) is 5.43 Å². The largest absolute Gasteiger partial charge is 0.499 e. The Balaban J connectivity index is 2.12. The first-order valence-corrected chi connectivity index (χ1v) is 7.64. The predicted octanol–water partition coefficient (Wildman–Crippen LogP) is 4.74. The number of alkyl halides is 3. The van der Waals surface area contributed by atoms with Crippen LogP contribution in [-0.4, -0.2) is 11.3 Å². The highest BCUT2D eigenvalue weighted by Gasteiger charge is 2.33. The molecule has 0 saturated carbocycles. The number of hydrogen-bond donors (Lipinski definition) is 1. The fourth-order valence-electron chi connectivity index (χ4n) is 2.22. The third kappa shape index (κ3) is 3.03. The molecule has 1 heterocycles. The van der Waals surface area contributed by atoms with E-state index in [1.54, 1.807) is 24.3 Å². The van der Waals surface area contributed by atoms with Crippen LogP contribution >= 0.6 is 11.3 Å². The summed E-state index contributed by atoms with van der Waals surface area (Å²) in [6.45, 7) is 0. The summed E-state index contributed by atoms with van der Waals surface area (Å²) in [4.78, 5) is 16.2. The van der Waals surface area contributed by atoms with Crippen LogP contribution in [0.15, 0.2) is 58.3 Å². The summed E-state index contributed by atoms with van der Waals surface area (Å²) in [7, 11) is 0. The van der Waals surface area contributed by atoms with Crippen molar-refractivity contribution < 1.29 is 18.3 Å². The molecule has 3 rings (SSSR count). The van der Waals surface area contributed by atoms with Gasteiger partial charge in [-0.1, -0.05) is 35.6 Å². The Bertz CT molecular complexity index is 993. The summed E-state index contributed by atoms with van der Waals surface area (Å²) < 4.78 is 39.5. The highest BCUT2D eigenvalue weighted by molar-refractivity contribution is 7.20. The van der Waals surface area contributed by atoms with E-state index in [0.717, 1.165) is 23.6 Å². The smallest absolute Gasteiger partial charge is 0.418 e. The number of nitrogens with zero attached hydrogens (tertiary/aromatic N) is 1. The highest BCUT2D eigenvalue weighted by Crippen LogP contribution is 2.36. The molecule has 0 saturated heterocycles. The summed E-state index contributed by atoms with van der Waals surface area (Å²) in [5.41, 5.74) is -1.83. The molecule has 0 unspecified atom stereocenters. The molecule has 0 radical (unpaired) electrons. The van der Waals surface area contributed by atoms with Crippen molar-refractivity contribution in [2.45, 2.75) is 6.18 Å². The van der Waals surface area contributed by atoms with Crippen LogP contribution < -0.4 is 5.43 Å². The van der Waals surface area contributed by atoms with E-state index in [1.165, 1.54) is 18.2 Å². The Kier molecular flexibility index (Phi) is 4.11. The number of aliphatic imine (C=N–C) groups is 1. The number of hydrogen-bond acceptors (Lipinski definition) is 4. The molecule has 0 amide bonds. The average Bonchev–Trinajstić information content (AvgIpc) is 2.54. The van der Waals surface area contributed by atoms with Crippen molar-refractivity contribution in [3.05, 3.63) is 69.9 Å². The van der Waals surface area contributed by atoms with Gasteiger partial charge in [-0.3, -0.25) is 9.79 Å². The molecule has 0 atom stereocenters. The average molecular weight is 349 g/mol. The van der Waals surface area contributed by atoms with Crippen molar-refractivity contribution in [1.82, 2.24) is 0 Å². The molecule has 3 aromatic rings. The second-order valence-electron chi connectivity index (χ2n) is 4.92. The minimum atomic E-state index is -4.55. The molecule has 0 aliphatic rings. The van der Waals surface area contributed by atoms with Crippen LogP contribution in [0.2, 0.25) is 0 Å². The lowest BCUT2D eigenvalue weighted by atomic mass is 10.1.